The van der Waals surface area contributed by atoms with Crippen molar-refractivity contribution in [1.82, 2.24) is 4.90 Å². The van der Waals surface area contributed by atoms with Crippen LogP contribution < -0.4 is 9.47 Å². The topological polar surface area (TPSA) is 88.5 Å². The van der Waals surface area contributed by atoms with E-state index in [1.807, 2.05) is 96.8 Å². The minimum absolute atomic E-state index is 0.0728. The highest BCUT2D eigenvalue weighted by atomic mass is 16.6. The number of para-hydroxylation sites is 1. The summed E-state index contributed by atoms with van der Waals surface area (Å²) >= 11 is 0. The van der Waals surface area contributed by atoms with Crippen LogP contribution in [0.1, 0.15) is 25.0 Å². The number of rotatable bonds is 15. The van der Waals surface area contributed by atoms with Crippen LogP contribution >= 0.6 is 0 Å². The lowest BCUT2D eigenvalue weighted by molar-refractivity contribution is -0.145. The molecule has 0 aliphatic rings. The molecule has 37 heavy (non-hydrogen) atoms. The van der Waals surface area contributed by atoms with Crippen molar-refractivity contribution < 1.29 is 29.2 Å². The average Bonchev–Trinajstić information content (AvgIpc) is 2.91. The van der Waals surface area contributed by atoms with Crippen molar-refractivity contribution in [2.75, 3.05) is 26.4 Å². The van der Waals surface area contributed by atoms with E-state index in [2.05, 4.69) is 0 Å². The van der Waals surface area contributed by atoms with Crippen LogP contribution in [0.15, 0.2) is 84.9 Å². The Labute approximate surface area is 219 Å². The number of carbonyl (C=O) groups is 1. The van der Waals surface area contributed by atoms with E-state index >= 15 is 0 Å². The minimum atomic E-state index is -0.785. The fourth-order valence-electron chi connectivity index (χ4n) is 4.07. The van der Waals surface area contributed by atoms with E-state index in [4.69, 9.17) is 14.2 Å². The number of hydrogen-bond donors (Lipinski definition) is 2. The summed E-state index contributed by atoms with van der Waals surface area (Å²) in [7, 11) is 0. The van der Waals surface area contributed by atoms with Crippen molar-refractivity contribution in [3.63, 3.8) is 0 Å². The molecule has 3 aromatic rings. The van der Waals surface area contributed by atoms with Crippen molar-refractivity contribution in [1.29, 1.82) is 0 Å². The van der Waals surface area contributed by atoms with Gasteiger partial charge in [-0.05, 0) is 55.7 Å². The molecule has 0 spiro atoms. The summed E-state index contributed by atoms with van der Waals surface area (Å²) in [5.41, 5.74) is 2.06. The lowest BCUT2D eigenvalue weighted by Gasteiger charge is -2.35. The van der Waals surface area contributed by atoms with E-state index in [-0.39, 0.29) is 25.8 Å². The molecule has 0 amide bonds. The van der Waals surface area contributed by atoms with Crippen LogP contribution in [0, 0.1) is 0 Å². The molecule has 0 aliphatic heterocycles. The van der Waals surface area contributed by atoms with Gasteiger partial charge in [0.05, 0.1) is 6.61 Å². The molecule has 7 heteroatoms. The number of ether oxygens (including phenoxy) is 3. The van der Waals surface area contributed by atoms with Gasteiger partial charge in [-0.3, -0.25) is 4.90 Å². The van der Waals surface area contributed by atoms with E-state index in [0.29, 0.717) is 30.9 Å². The highest BCUT2D eigenvalue weighted by molar-refractivity contribution is 5.71. The molecule has 0 radical (unpaired) electrons. The Morgan fingerprint density at radius 2 is 1.41 bits per heavy atom. The molecule has 0 saturated carbocycles. The molecule has 0 saturated heterocycles. The maximum absolute atomic E-state index is 11.5. The quantitative estimate of drug-likeness (QED) is 0.239. The zero-order valence-electron chi connectivity index (χ0n) is 21.5. The number of aliphatic hydroxyl groups is 2. The molecule has 0 bridgehead atoms. The fraction of sp³-hybridized carbons (Fsp3) is 0.367. The van der Waals surface area contributed by atoms with Gasteiger partial charge in [-0.25, -0.2) is 4.79 Å². The normalized spacial score (nSPS) is 13.5. The first kappa shape index (κ1) is 28.2. The molecule has 7 nitrogen and oxygen atoms in total. The third-order valence-corrected chi connectivity index (χ3v) is 5.93. The van der Waals surface area contributed by atoms with Crippen LogP contribution in [-0.2, 0) is 22.4 Å². The molecular weight excluding hydrogens is 470 g/mol. The van der Waals surface area contributed by atoms with Crippen LogP contribution in [-0.4, -0.2) is 65.8 Å². The van der Waals surface area contributed by atoms with Crippen molar-refractivity contribution in [3.05, 3.63) is 96.1 Å². The summed E-state index contributed by atoms with van der Waals surface area (Å²) in [4.78, 5) is 13.4. The zero-order chi connectivity index (χ0) is 26.5. The van der Waals surface area contributed by atoms with Gasteiger partial charge in [0.25, 0.3) is 0 Å². The average molecular weight is 508 g/mol. The van der Waals surface area contributed by atoms with Crippen molar-refractivity contribution in [2.45, 2.75) is 45.1 Å². The Kier molecular flexibility index (Phi) is 11.4. The summed E-state index contributed by atoms with van der Waals surface area (Å²) in [5, 5.41) is 21.9. The molecule has 198 valence electrons. The third-order valence-electron chi connectivity index (χ3n) is 5.93. The van der Waals surface area contributed by atoms with E-state index in [1.54, 1.807) is 6.92 Å². The molecule has 0 unspecified atom stereocenters. The summed E-state index contributed by atoms with van der Waals surface area (Å²) in [6, 6.07) is 26.6. The van der Waals surface area contributed by atoms with Crippen LogP contribution in [0.3, 0.4) is 0 Å². The van der Waals surface area contributed by atoms with E-state index in [0.717, 1.165) is 11.1 Å². The van der Waals surface area contributed by atoms with Crippen LogP contribution in [0.5, 0.6) is 11.5 Å². The van der Waals surface area contributed by atoms with Crippen LogP contribution in [0.2, 0.25) is 0 Å². The highest BCUT2D eigenvalue weighted by Crippen LogP contribution is 2.18. The Balaban J connectivity index is 1.62. The third kappa shape index (κ3) is 9.88. The Morgan fingerprint density at radius 1 is 0.811 bits per heavy atom. The Bertz CT molecular complexity index is 1040. The maximum Gasteiger partial charge on any atom is 0.344 e. The summed E-state index contributed by atoms with van der Waals surface area (Å²) in [5.74, 6) is 0.869. The molecular formula is C30H37NO6. The minimum Gasteiger partial charge on any atom is -0.491 e. The predicted octanol–water partition coefficient (Wildman–Crippen LogP) is 3.86. The second-order valence-corrected chi connectivity index (χ2v) is 8.94. The van der Waals surface area contributed by atoms with Crippen molar-refractivity contribution in [3.8, 4) is 11.5 Å². The van der Waals surface area contributed by atoms with Gasteiger partial charge in [-0.1, -0.05) is 60.7 Å². The van der Waals surface area contributed by atoms with E-state index in [9.17, 15) is 15.0 Å². The number of nitrogens with zero attached hydrogens (tertiary/aromatic N) is 1. The predicted molar refractivity (Wildman–Crippen MR) is 143 cm³/mol. The monoisotopic (exact) mass is 507 g/mol. The number of esters is 1. The molecule has 3 atom stereocenters. The first-order valence-corrected chi connectivity index (χ1v) is 12.7. The van der Waals surface area contributed by atoms with Gasteiger partial charge < -0.3 is 24.4 Å². The van der Waals surface area contributed by atoms with Gasteiger partial charge in [-0.15, -0.1) is 0 Å². The van der Waals surface area contributed by atoms with Gasteiger partial charge in [0.15, 0.2) is 6.61 Å². The smallest absolute Gasteiger partial charge is 0.344 e. The molecule has 0 heterocycles. The Morgan fingerprint density at radius 3 is 2.05 bits per heavy atom. The zero-order valence-corrected chi connectivity index (χ0v) is 21.5. The summed E-state index contributed by atoms with van der Waals surface area (Å²) in [6.07, 6.45) is -0.475. The SMILES string of the molecule is CCOC(=O)COc1ccc(C[C@@H](C)N(C[C@H](O)COc2ccccc2)[C@H](O)Cc2ccccc2)cc1. The summed E-state index contributed by atoms with van der Waals surface area (Å²) in [6.45, 7) is 4.35. The first-order valence-electron chi connectivity index (χ1n) is 12.7. The molecule has 0 aromatic heterocycles. The number of hydrogen-bond acceptors (Lipinski definition) is 7. The largest absolute Gasteiger partial charge is 0.491 e. The summed E-state index contributed by atoms with van der Waals surface area (Å²) < 4.78 is 16.1. The van der Waals surface area contributed by atoms with Crippen LogP contribution in [0.25, 0.3) is 0 Å². The van der Waals surface area contributed by atoms with E-state index < -0.39 is 18.3 Å². The molecule has 3 rings (SSSR count). The molecule has 0 fully saturated rings. The van der Waals surface area contributed by atoms with Gasteiger partial charge >= 0.3 is 5.97 Å². The van der Waals surface area contributed by atoms with Crippen LogP contribution in [0.4, 0.5) is 0 Å². The number of aliphatic hydroxyl groups excluding tert-OH is 2. The van der Waals surface area contributed by atoms with Gasteiger partial charge in [-0.2, -0.15) is 0 Å². The van der Waals surface area contributed by atoms with E-state index in [1.165, 1.54) is 0 Å². The molecule has 0 aliphatic carbocycles. The second-order valence-electron chi connectivity index (χ2n) is 8.94. The molecule has 3 aromatic carbocycles. The van der Waals surface area contributed by atoms with Gasteiger partial charge in [0.1, 0.15) is 30.4 Å². The lowest BCUT2D eigenvalue weighted by atomic mass is 10.0. The molecule has 2 N–H and O–H groups in total. The number of carbonyl (C=O) groups excluding carboxylic acids is 1. The van der Waals surface area contributed by atoms with Crippen molar-refractivity contribution >= 4 is 5.97 Å². The highest BCUT2D eigenvalue weighted by Gasteiger charge is 2.25. The lowest BCUT2D eigenvalue weighted by Crippen LogP contribution is -2.48. The standard InChI is InChI=1S/C30H37NO6/c1-3-35-30(34)22-37-28-16-14-25(15-17-28)18-23(2)31(29(33)19-24-10-6-4-7-11-24)20-26(32)21-36-27-12-8-5-9-13-27/h4-17,23,26,29,32-33H,3,18-22H2,1-2H3/t23-,26+,29-/m1/s1. The van der Waals surface area contributed by atoms with Crippen molar-refractivity contribution in [2.24, 2.45) is 0 Å². The maximum atomic E-state index is 11.5. The number of benzene rings is 3. The first-order chi connectivity index (χ1) is 17.9. The fourth-order valence-corrected chi connectivity index (χ4v) is 4.07. The second kappa shape index (κ2) is 15.0. The van der Waals surface area contributed by atoms with Gasteiger partial charge in [0.2, 0.25) is 0 Å². The Hall–Kier alpha value is -3.39. The van der Waals surface area contributed by atoms with Gasteiger partial charge in [0, 0.05) is 19.0 Å².